The van der Waals surface area contributed by atoms with Gasteiger partial charge in [-0.1, -0.05) is 11.8 Å². The maximum absolute atomic E-state index is 11.4. The number of thioether (sulfide) groups is 1. The summed E-state index contributed by atoms with van der Waals surface area (Å²) in [5, 5.41) is 15.6. The van der Waals surface area contributed by atoms with E-state index in [0.29, 0.717) is 12.5 Å². The zero-order valence-electron chi connectivity index (χ0n) is 8.27. The molecule has 1 heterocycles. The van der Waals surface area contributed by atoms with Crippen LogP contribution in [-0.4, -0.2) is 20.5 Å². The smallest absolute Gasteiger partial charge is 0.267 e. The molecule has 1 aromatic heterocycles. The Hall–Kier alpha value is -1.22. The van der Waals surface area contributed by atoms with Crippen LogP contribution in [0.5, 0.6) is 0 Å². The lowest BCUT2D eigenvalue weighted by Gasteiger charge is -2.01. The van der Waals surface area contributed by atoms with E-state index in [0.717, 1.165) is 30.2 Å². The van der Waals surface area contributed by atoms with Gasteiger partial charge < -0.3 is 0 Å². The lowest BCUT2D eigenvalue weighted by Crippen LogP contribution is -2.16. The highest BCUT2D eigenvalue weighted by atomic mass is 32.2. The minimum absolute atomic E-state index is 0.111. The number of nitrogens with one attached hydrogen (secondary N) is 1. The van der Waals surface area contributed by atoms with Crippen molar-refractivity contribution in [3.05, 3.63) is 10.5 Å². The Morgan fingerprint density at radius 2 is 2.47 bits per heavy atom. The van der Waals surface area contributed by atoms with Gasteiger partial charge >= 0.3 is 5.69 Å². The van der Waals surface area contributed by atoms with E-state index in [-0.39, 0.29) is 5.69 Å². The molecule has 1 aromatic rings. The Balaban J connectivity index is 1.96. The zero-order valence-corrected chi connectivity index (χ0v) is 9.09. The summed E-state index contributed by atoms with van der Waals surface area (Å²) in [5.41, 5.74) is -0.111. The summed E-state index contributed by atoms with van der Waals surface area (Å²) in [4.78, 5) is 11.4. The van der Waals surface area contributed by atoms with Crippen LogP contribution in [0.1, 0.15) is 31.7 Å². The van der Waals surface area contributed by atoms with E-state index < -0.39 is 0 Å². The molecule has 2 rings (SSSR count). The molecule has 0 unspecified atom stereocenters. The molecule has 0 radical (unpaired) electrons. The van der Waals surface area contributed by atoms with Crippen LogP contribution in [0.3, 0.4) is 0 Å². The quantitative estimate of drug-likeness (QED) is 0.604. The van der Waals surface area contributed by atoms with Crippen molar-refractivity contribution in [2.75, 3.05) is 5.75 Å². The van der Waals surface area contributed by atoms with Gasteiger partial charge in [0.05, 0.1) is 6.07 Å². The molecule has 1 saturated carbocycles. The summed E-state index contributed by atoms with van der Waals surface area (Å²) in [7, 11) is 0. The maximum atomic E-state index is 11.4. The number of H-pyrrole nitrogens is 1. The van der Waals surface area contributed by atoms with Crippen molar-refractivity contribution < 1.29 is 0 Å². The molecule has 1 aliphatic rings. The first-order valence-corrected chi connectivity index (χ1v) is 5.98. The second kappa shape index (κ2) is 4.53. The van der Waals surface area contributed by atoms with Crippen LogP contribution >= 0.6 is 11.8 Å². The third-order valence-corrected chi connectivity index (χ3v) is 3.29. The normalized spacial score (nSPS) is 15.1. The molecule has 15 heavy (non-hydrogen) atoms. The summed E-state index contributed by atoms with van der Waals surface area (Å²) >= 11 is 1.55. The highest BCUT2D eigenvalue weighted by Crippen LogP contribution is 2.36. The first-order valence-electron chi connectivity index (χ1n) is 4.99. The van der Waals surface area contributed by atoms with Crippen LogP contribution in [0.2, 0.25) is 0 Å². The van der Waals surface area contributed by atoms with E-state index in [1.165, 1.54) is 0 Å². The molecule has 1 aliphatic carbocycles. The van der Waals surface area contributed by atoms with Crippen molar-refractivity contribution in [1.29, 1.82) is 5.26 Å². The van der Waals surface area contributed by atoms with Crippen molar-refractivity contribution in [1.82, 2.24) is 14.8 Å². The van der Waals surface area contributed by atoms with Crippen LogP contribution in [0, 0.1) is 11.3 Å². The van der Waals surface area contributed by atoms with E-state index in [4.69, 9.17) is 5.26 Å². The number of hydrogen-bond donors (Lipinski definition) is 1. The topological polar surface area (TPSA) is 74.5 Å². The molecule has 80 valence electrons. The van der Waals surface area contributed by atoms with Gasteiger partial charge in [0.1, 0.15) is 0 Å². The second-order valence-electron chi connectivity index (χ2n) is 3.52. The van der Waals surface area contributed by atoms with Gasteiger partial charge in [-0.15, -0.1) is 5.10 Å². The number of aromatic amines is 1. The molecule has 0 amide bonds. The Labute approximate surface area is 91.5 Å². The van der Waals surface area contributed by atoms with Gasteiger partial charge in [0, 0.05) is 18.2 Å². The van der Waals surface area contributed by atoms with Gasteiger partial charge in [-0.3, -0.25) is 4.57 Å². The molecule has 1 N–H and O–H groups in total. The van der Waals surface area contributed by atoms with Gasteiger partial charge in [-0.2, -0.15) is 5.26 Å². The lowest BCUT2D eigenvalue weighted by atomic mass is 10.4. The van der Waals surface area contributed by atoms with E-state index in [9.17, 15) is 4.79 Å². The lowest BCUT2D eigenvalue weighted by molar-refractivity contribution is 0.642. The van der Waals surface area contributed by atoms with Crippen LogP contribution in [-0.2, 0) is 0 Å². The van der Waals surface area contributed by atoms with E-state index in [1.807, 2.05) is 0 Å². The summed E-state index contributed by atoms with van der Waals surface area (Å²) in [6.45, 7) is 0. The third kappa shape index (κ3) is 2.42. The number of unbranched alkanes of at least 4 members (excludes halogenated alkanes) is 1. The Kier molecular flexibility index (Phi) is 3.11. The number of hydrogen-bond acceptors (Lipinski definition) is 4. The minimum Gasteiger partial charge on any atom is -0.267 e. The highest BCUT2D eigenvalue weighted by Gasteiger charge is 2.28. The van der Waals surface area contributed by atoms with Crippen LogP contribution < -0.4 is 5.69 Å². The maximum Gasteiger partial charge on any atom is 0.344 e. The molecular weight excluding hydrogens is 212 g/mol. The SMILES string of the molecule is N#CCCCSc1n[nH]c(=O)n1C1CC1. The zero-order chi connectivity index (χ0) is 10.7. The Morgan fingerprint density at radius 1 is 1.67 bits per heavy atom. The van der Waals surface area contributed by atoms with Crippen LogP contribution in [0.4, 0.5) is 0 Å². The molecular formula is C9H12N4OS. The molecule has 6 heteroatoms. The monoisotopic (exact) mass is 224 g/mol. The van der Waals surface area contributed by atoms with Gasteiger partial charge in [-0.05, 0) is 19.3 Å². The molecule has 0 spiro atoms. The first kappa shape index (κ1) is 10.3. The average Bonchev–Trinajstić information content (AvgIpc) is 2.99. The van der Waals surface area contributed by atoms with Crippen molar-refractivity contribution in [2.45, 2.75) is 36.9 Å². The van der Waals surface area contributed by atoms with Crippen LogP contribution in [0.25, 0.3) is 0 Å². The van der Waals surface area contributed by atoms with Crippen molar-refractivity contribution in [3.8, 4) is 6.07 Å². The Morgan fingerprint density at radius 3 is 3.13 bits per heavy atom. The Bertz CT molecular complexity index is 426. The predicted molar refractivity (Wildman–Crippen MR) is 56.7 cm³/mol. The van der Waals surface area contributed by atoms with Crippen molar-refractivity contribution >= 4 is 11.8 Å². The standard InChI is InChI=1S/C9H12N4OS/c10-5-1-2-6-15-9-12-11-8(14)13(9)7-3-4-7/h7H,1-4,6H2,(H,11,14). The summed E-state index contributed by atoms with van der Waals surface area (Å²) in [5.74, 6) is 0.838. The first-order chi connectivity index (χ1) is 7.33. The van der Waals surface area contributed by atoms with Crippen molar-refractivity contribution in [3.63, 3.8) is 0 Å². The molecule has 0 saturated heterocycles. The fourth-order valence-electron chi connectivity index (χ4n) is 1.36. The minimum atomic E-state index is -0.111. The van der Waals surface area contributed by atoms with E-state index in [2.05, 4.69) is 16.3 Å². The number of rotatable bonds is 5. The van der Waals surface area contributed by atoms with Gasteiger partial charge in [0.25, 0.3) is 0 Å². The average molecular weight is 224 g/mol. The predicted octanol–water partition coefficient (Wildman–Crippen LogP) is 1.30. The summed E-state index contributed by atoms with van der Waals surface area (Å²) in [6.07, 6.45) is 3.55. The summed E-state index contributed by atoms with van der Waals surface area (Å²) in [6, 6.07) is 2.46. The van der Waals surface area contributed by atoms with Gasteiger partial charge in [-0.25, -0.2) is 9.89 Å². The molecule has 0 aromatic carbocycles. The molecule has 5 nitrogen and oxygen atoms in total. The number of aromatic nitrogens is 3. The molecule has 1 fully saturated rings. The fourth-order valence-corrected chi connectivity index (χ4v) is 2.31. The fraction of sp³-hybridized carbons (Fsp3) is 0.667. The van der Waals surface area contributed by atoms with Gasteiger partial charge in [0.2, 0.25) is 0 Å². The number of nitrogens with zero attached hydrogens (tertiary/aromatic N) is 3. The van der Waals surface area contributed by atoms with E-state index >= 15 is 0 Å². The highest BCUT2D eigenvalue weighted by molar-refractivity contribution is 7.99. The van der Waals surface area contributed by atoms with E-state index in [1.54, 1.807) is 16.3 Å². The molecule has 0 bridgehead atoms. The van der Waals surface area contributed by atoms with Gasteiger partial charge in [0.15, 0.2) is 5.16 Å². The summed E-state index contributed by atoms with van der Waals surface area (Å²) < 4.78 is 1.73. The van der Waals surface area contributed by atoms with Crippen molar-refractivity contribution in [2.24, 2.45) is 0 Å². The second-order valence-corrected chi connectivity index (χ2v) is 4.58. The third-order valence-electron chi connectivity index (χ3n) is 2.25. The molecule has 0 atom stereocenters. The largest absolute Gasteiger partial charge is 0.344 e. The number of nitriles is 1. The molecule has 0 aliphatic heterocycles. The van der Waals surface area contributed by atoms with Crippen LogP contribution in [0.15, 0.2) is 9.95 Å².